The van der Waals surface area contributed by atoms with Crippen molar-refractivity contribution in [2.75, 3.05) is 0 Å². The summed E-state index contributed by atoms with van der Waals surface area (Å²) in [5.74, 6) is 1.75. The summed E-state index contributed by atoms with van der Waals surface area (Å²) in [6.07, 6.45) is 0. The lowest BCUT2D eigenvalue weighted by atomic mass is 10.1. The van der Waals surface area contributed by atoms with E-state index in [1.165, 1.54) is 5.39 Å². The molecule has 51 heavy (non-hydrogen) atoms. The van der Waals surface area contributed by atoms with Gasteiger partial charge in [0, 0.05) is 44.1 Å². The molecule has 0 amide bonds. The number of benzene rings is 7. The molecule has 11 aromatic rings. The fraction of sp³-hybridized carbons (Fsp3) is 0. The van der Waals surface area contributed by atoms with E-state index in [0.29, 0.717) is 23.1 Å². The zero-order valence-electron chi connectivity index (χ0n) is 27.1. The van der Waals surface area contributed by atoms with Crippen LogP contribution in [0.25, 0.3) is 106 Å². The predicted molar refractivity (Wildman–Crippen MR) is 205 cm³/mol. The Labute approximate surface area is 290 Å². The molecule has 0 aliphatic rings. The van der Waals surface area contributed by atoms with Gasteiger partial charge in [0.25, 0.3) is 0 Å². The van der Waals surface area contributed by atoms with Gasteiger partial charge in [-0.25, -0.2) is 15.0 Å². The number of para-hydroxylation sites is 3. The Morgan fingerprint density at radius 1 is 0.392 bits per heavy atom. The van der Waals surface area contributed by atoms with Crippen molar-refractivity contribution in [2.24, 2.45) is 0 Å². The van der Waals surface area contributed by atoms with Crippen LogP contribution in [0.15, 0.2) is 167 Å². The lowest BCUT2D eigenvalue weighted by Crippen LogP contribution is -2.01. The summed E-state index contributed by atoms with van der Waals surface area (Å²) >= 11 is 0. The Balaban J connectivity index is 1.22. The average molecular weight is 655 g/mol. The zero-order chi connectivity index (χ0) is 33.5. The van der Waals surface area contributed by atoms with Crippen molar-refractivity contribution in [3.63, 3.8) is 0 Å². The highest BCUT2D eigenvalue weighted by molar-refractivity contribution is 6.20. The highest BCUT2D eigenvalue weighted by Crippen LogP contribution is 2.43. The Morgan fingerprint density at radius 2 is 0.980 bits per heavy atom. The van der Waals surface area contributed by atoms with E-state index in [9.17, 15) is 0 Å². The molecular formula is C45H26N4O2. The summed E-state index contributed by atoms with van der Waals surface area (Å²) in [5, 5.41) is 6.54. The van der Waals surface area contributed by atoms with Crippen LogP contribution in [0.5, 0.6) is 0 Å². The molecule has 4 heterocycles. The molecule has 6 heteroatoms. The van der Waals surface area contributed by atoms with Crippen molar-refractivity contribution >= 4 is 65.7 Å². The zero-order valence-corrected chi connectivity index (χ0v) is 27.1. The van der Waals surface area contributed by atoms with Gasteiger partial charge in [0.05, 0.1) is 27.7 Å². The number of nitrogens with zero attached hydrogens (tertiary/aromatic N) is 4. The monoisotopic (exact) mass is 654 g/mol. The molecule has 6 nitrogen and oxygen atoms in total. The number of furan rings is 2. The summed E-state index contributed by atoms with van der Waals surface area (Å²) in [4.78, 5) is 15.1. The third kappa shape index (κ3) is 4.20. The second kappa shape index (κ2) is 10.7. The van der Waals surface area contributed by atoms with Crippen molar-refractivity contribution in [1.29, 1.82) is 0 Å². The number of aromatic nitrogens is 4. The van der Waals surface area contributed by atoms with Crippen molar-refractivity contribution in [2.45, 2.75) is 0 Å². The van der Waals surface area contributed by atoms with E-state index in [1.54, 1.807) is 0 Å². The number of fused-ring (bicyclic) bond motifs is 9. The molecule has 11 rings (SSSR count). The first-order valence-electron chi connectivity index (χ1n) is 16.9. The summed E-state index contributed by atoms with van der Waals surface area (Å²) < 4.78 is 15.5. The second-order valence-corrected chi connectivity index (χ2v) is 12.8. The van der Waals surface area contributed by atoms with E-state index in [2.05, 4.69) is 77.4 Å². The minimum atomic E-state index is 0.546. The maximum absolute atomic E-state index is 6.77. The highest BCUT2D eigenvalue weighted by atomic mass is 16.3. The average Bonchev–Trinajstić information content (AvgIpc) is 3.87. The molecule has 0 atom stereocenters. The summed E-state index contributed by atoms with van der Waals surface area (Å²) in [6, 6.07) is 53.8. The minimum absolute atomic E-state index is 0.546. The molecule has 7 aromatic carbocycles. The van der Waals surface area contributed by atoms with Gasteiger partial charge in [-0.3, -0.25) is 0 Å². The molecule has 0 aliphatic carbocycles. The maximum Gasteiger partial charge on any atom is 0.167 e. The molecule has 0 fully saturated rings. The molecule has 0 aliphatic heterocycles. The largest absolute Gasteiger partial charge is 0.456 e. The van der Waals surface area contributed by atoms with E-state index in [-0.39, 0.29) is 0 Å². The van der Waals surface area contributed by atoms with Gasteiger partial charge in [0.2, 0.25) is 0 Å². The molecular weight excluding hydrogens is 629 g/mol. The Hall–Kier alpha value is -7.05. The van der Waals surface area contributed by atoms with Crippen molar-refractivity contribution in [3.05, 3.63) is 158 Å². The maximum atomic E-state index is 6.77. The van der Waals surface area contributed by atoms with Gasteiger partial charge < -0.3 is 13.4 Å². The molecule has 0 radical (unpaired) electrons. The topological polar surface area (TPSA) is 69.9 Å². The Morgan fingerprint density at radius 3 is 1.71 bits per heavy atom. The summed E-state index contributed by atoms with van der Waals surface area (Å²) in [7, 11) is 0. The minimum Gasteiger partial charge on any atom is -0.456 e. The Bertz CT molecular complexity index is 3080. The number of hydrogen-bond acceptors (Lipinski definition) is 5. The molecule has 0 unspecified atom stereocenters. The molecule has 0 N–H and O–H groups in total. The molecule has 0 bridgehead atoms. The van der Waals surface area contributed by atoms with Crippen LogP contribution >= 0.6 is 0 Å². The standard InChI is InChI=1S/C45H26N4O2/c1-3-13-27(14-4-1)43-46-44(28-15-5-2-6-16-28)48-45(47-43)32-23-24-36(41-31-19-9-12-22-39(31)51-42(32)41)49-35-20-10-7-17-29(35)33-25-34-30-18-8-11-21-38(30)50-40(34)26-37(33)49/h1-26H. The van der Waals surface area contributed by atoms with Crippen LogP contribution in [-0.4, -0.2) is 19.5 Å². The lowest BCUT2D eigenvalue weighted by Gasteiger charge is -2.12. The molecule has 0 saturated heterocycles. The van der Waals surface area contributed by atoms with Crippen LogP contribution in [0.3, 0.4) is 0 Å². The van der Waals surface area contributed by atoms with Gasteiger partial charge in [0.1, 0.15) is 22.3 Å². The fourth-order valence-electron chi connectivity index (χ4n) is 7.55. The lowest BCUT2D eigenvalue weighted by molar-refractivity contribution is 0.669. The van der Waals surface area contributed by atoms with Crippen LogP contribution < -0.4 is 0 Å². The molecule has 4 aromatic heterocycles. The first-order chi connectivity index (χ1) is 25.3. The van der Waals surface area contributed by atoms with Crippen LogP contribution in [0.2, 0.25) is 0 Å². The van der Waals surface area contributed by atoms with E-state index in [4.69, 9.17) is 23.8 Å². The third-order valence-electron chi connectivity index (χ3n) is 9.86. The van der Waals surface area contributed by atoms with E-state index in [0.717, 1.165) is 77.1 Å². The van der Waals surface area contributed by atoms with Gasteiger partial charge in [-0.05, 0) is 36.4 Å². The van der Waals surface area contributed by atoms with Gasteiger partial charge in [-0.15, -0.1) is 0 Å². The fourth-order valence-corrected chi connectivity index (χ4v) is 7.55. The summed E-state index contributed by atoms with van der Waals surface area (Å²) in [5.41, 5.74) is 9.02. The second-order valence-electron chi connectivity index (χ2n) is 12.8. The van der Waals surface area contributed by atoms with Gasteiger partial charge in [0.15, 0.2) is 17.5 Å². The van der Waals surface area contributed by atoms with Gasteiger partial charge in [-0.2, -0.15) is 0 Å². The van der Waals surface area contributed by atoms with Crippen molar-refractivity contribution < 1.29 is 8.83 Å². The number of rotatable bonds is 4. The summed E-state index contributed by atoms with van der Waals surface area (Å²) in [6.45, 7) is 0. The van der Waals surface area contributed by atoms with E-state index < -0.39 is 0 Å². The molecule has 0 saturated carbocycles. The van der Waals surface area contributed by atoms with E-state index in [1.807, 2.05) is 84.9 Å². The van der Waals surface area contributed by atoms with Gasteiger partial charge >= 0.3 is 0 Å². The van der Waals surface area contributed by atoms with E-state index >= 15 is 0 Å². The van der Waals surface area contributed by atoms with Crippen molar-refractivity contribution in [3.8, 4) is 39.9 Å². The van der Waals surface area contributed by atoms with Crippen LogP contribution in [-0.2, 0) is 0 Å². The quantitative estimate of drug-likeness (QED) is 0.189. The normalized spacial score (nSPS) is 11.9. The van der Waals surface area contributed by atoms with Crippen molar-refractivity contribution in [1.82, 2.24) is 19.5 Å². The number of hydrogen-bond donors (Lipinski definition) is 0. The predicted octanol–water partition coefficient (Wildman–Crippen LogP) is 11.8. The van der Waals surface area contributed by atoms with Crippen LogP contribution in [0.1, 0.15) is 0 Å². The highest BCUT2D eigenvalue weighted by Gasteiger charge is 2.23. The first kappa shape index (κ1) is 27.9. The smallest absolute Gasteiger partial charge is 0.167 e. The van der Waals surface area contributed by atoms with Crippen LogP contribution in [0, 0.1) is 0 Å². The van der Waals surface area contributed by atoms with Crippen LogP contribution in [0.4, 0.5) is 0 Å². The van der Waals surface area contributed by atoms with Gasteiger partial charge in [-0.1, -0.05) is 115 Å². The Kier molecular flexibility index (Phi) is 5.86. The molecule has 238 valence electrons. The third-order valence-corrected chi connectivity index (χ3v) is 9.86. The molecule has 0 spiro atoms. The SMILES string of the molecule is c1ccc(-c2nc(-c3ccccc3)nc(-c3ccc(-n4c5ccccc5c5cc6c(cc54)oc4ccccc46)c4c3oc3ccccc34)n2)cc1. The first-order valence-corrected chi connectivity index (χ1v) is 16.9.